The lowest BCUT2D eigenvalue weighted by Crippen LogP contribution is -2.02. The summed E-state index contributed by atoms with van der Waals surface area (Å²) < 4.78 is 2.72. The first-order valence-corrected chi connectivity index (χ1v) is 14.6. The molecule has 0 spiro atoms. The topological polar surface area (TPSA) is 52.0 Å². The average Bonchev–Trinajstić information content (AvgIpc) is 3.43. The minimum Gasteiger partial charge on any atom is -0.274 e. The number of hydrazine groups is 1. The first kappa shape index (κ1) is 28.0. The molecule has 3 heteroatoms. The third-order valence-corrected chi connectivity index (χ3v) is 8.21. The van der Waals surface area contributed by atoms with Gasteiger partial charge in [-0.2, -0.15) is 0 Å². The number of hydrogen-bond acceptors (Lipinski definition) is 3. The van der Waals surface area contributed by atoms with E-state index in [1.54, 1.807) is 0 Å². The molecule has 0 aliphatic carbocycles. The fourth-order valence-corrected chi connectivity index (χ4v) is 6.16. The van der Waals surface area contributed by atoms with Crippen molar-refractivity contribution in [1.29, 1.82) is 0 Å². The Bertz CT molecular complexity index is 1810. The van der Waals surface area contributed by atoms with Crippen molar-refractivity contribution < 1.29 is 0 Å². The van der Waals surface area contributed by atoms with E-state index in [9.17, 15) is 0 Å². The van der Waals surface area contributed by atoms with Crippen LogP contribution < -0.4 is 11.7 Å². The van der Waals surface area contributed by atoms with Gasteiger partial charge in [-0.25, -0.2) is 0 Å². The first-order valence-electron chi connectivity index (χ1n) is 13.7. The van der Waals surface area contributed by atoms with E-state index in [4.69, 9.17) is 0 Å². The number of rotatable bonds is 4. The summed E-state index contributed by atoms with van der Waals surface area (Å²) in [6.07, 6.45) is 0.979. The maximum atomic E-state index is 4.00. The maximum absolute atomic E-state index is 4.00. The van der Waals surface area contributed by atoms with Crippen LogP contribution in [0, 0.1) is 6.92 Å². The van der Waals surface area contributed by atoms with Gasteiger partial charge in [-0.3, -0.25) is 11.7 Å². The molecule has 2 nitrogen and oxygen atoms in total. The summed E-state index contributed by atoms with van der Waals surface area (Å²) in [5, 5.41) is 2.74. The molecule has 0 saturated carbocycles. The summed E-state index contributed by atoms with van der Waals surface area (Å²) in [7, 11) is 0. The van der Waals surface area contributed by atoms with E-state index in [-0.39, 0.29) is 0 Å². The molecule has 1 heterocycles. The Balaban J connectivity index is 0.000000189. The lowest BCUT2D eigenvalue weighted by Gasteiger charge is -2.07. The molecule has 0 bridgehead atoms. The van der Waals surface area contributed by atoms with Crippen molar-refractivity contribution in [2.75, 3.05) is 0 Å². The van der Waals surface area contributed by atoms with Crippen LogP contribution in [-0.4, -0.2) is 0 Å². The van der Waals surface area contributed by atoms with Crippen molar-refractivity contribution in [3.8, 4) is 22.3 Å². The van der Waals surface area contributed by atoms with E-state index in [1.165, 1.54) is 59.1 Å². The van der Waals surface area contributed by atoms with Crippen molar-refractivity contribution in [3.05, 3.63) is 168 Å². The van der Waals surface area contributed by atoms with Gasteiger partial charge in [0.25, 0.3) is 0 Å². The molecule has 0 aliphatic heterocycles. The first-order chi connectivity index (χ1) is 20.2. The zero-order chi connectivity index (χ0) is 28.4. The van der Waals surface area contributed by atoms with Gasteiger partial charge in [0.05, 0.1) is 0 Å². The molecule has 1 aromatic heterocycles. The molecule has 0 aliphatic rings. The third-order valence-electron chi connectivity index (χ3n) is 7.08. The molecule has 0 amide bonds. The highest BCUT2D eigenvalue weighted by Gasteiger charge is 2.10. The van der Waals surface area contributed by atoms with E-state index in [0.29, 0.717) is 0 Å². The standard InChI is InChI=1S/C25H18S.C13H12.H4N2/c1-2-7-18(8-3-1)17-19-13-15-20(16-14-19)21-10-6-12-24-25(21)22-9-4-5-11-23(22)26-24;1-11-7-9-13(10-8-11)12-5-3-2-4-6-12;1-2/h1-16H,17H2;2-10H,1H3;1-2H2. The Hall–Kier alpha value is -4.54. The quantitative estimate of drug-likeness (QED) is 0.169. The molecule has 7 rings (SSSR count). The highest BCUT2D eigenvalue weighted by Crippen LogP contribution is 2.39. The fraction of sp³-hybridized carbons (Fsp3) is 0.0526. The molecule has 0 radical (unpaired) electrons. The van der Waals surface area contributed by atoms with E-state index in [0.717, 1.165) is 6.42 Å². The number of aryl methyl sites for hydroxylation is 1. The lowest BCUT2D eigenvalue weighted by atomic mass is 9.97. The zero-order valence-electron chi connectivity index (χ0n) is 23.2. The van der Waals surface area contributed by atoms with Crippen LogP contribution in [0.1, 0.15) is 16.7 Å². The van der Waals surface area contributed by atoms with E-state index in [2.05, 4.69) is 164 Å². The predicted octanol–water partition coefficient (Wildman–Crippen LogP) is 9.79. The van der Waals surface area contributed by atoms with Gasteiger partial charge in [-0.1, -0.05) is 145 Å². The van der Waals surface area contributed by atoms with Crippen LogP contribution in [0.4, 0.5) is 0 Å². The van der Waals surface area contributed by atoms with Crippen molar-refractivity contribution in [2.24, 2.45) is 11.7 Å². The summed E-state index contributed by atoms with van der Waals surface area (Å²) in [5.41, 5.74) is 9.18. The Morgan fingerprint density at radius 2 is 1.00 bits per heavy atom. The molecule has 0 saturated heterocycles. The number of nitrogens with two attached hydrogens (primary N) is 2. The van der Waals surface area contributed by atoms with E-state index < -0.39 is 0 Å². The Morgan fingerprint density at radius 1 is 0.463 bits per heavy atom. The second-order valence-corrected chi connectivity index (χ2v) is 11.0. The molecular weight excluding hydrogens is 516 g/mol. The van der Waals surface area contributed by atoms with Crippen molar-refractivity contribution in [1.82, 2.24) is 0 Å². The molecule has 0 fully saturated rings. The third kappa shape index (κ3) is 6.79. The Labute approximate surface area is 246 Å². The summed E-state index contributed by atoms with van der Waals surface area (Å²) in [6.45, 7) is 2.11. The molecule has 6 aromatic carbocycles. The van der Waals surface area contributed by atoms with Crippen LogP contribution in [-0.2, 0) is 6.42 Å². The van der Waals surface area contributed by atoms with Gasteiger partial charge in [-0.15, -0.1) is 11.3 Å². The predicted molar refractivity (Wildman–Crippen MR) is 179 cm³/mol. The van der Waals surface area contributed by atoms with Crippen LogP contribution in [0.2, 0.25) is 0 Å². The van der Waals surface area contributed by atoms with Gasteiger partial charge in [0.1, 0.15) is 0 Å². The monoisotopic (exact) mass is 550 g/mol. The number of thiophene rings is 1. The van der Waals surface area contributed by atoms with Crippen molar-refractivity contribution in [2.45, 2.75) is 13.3 Å². The number of fused-ring (bicyclic) bond motifs is 3. The fourth-order valence-electron chi connectivity index (χ4n) is 5.03. The number of hydrogen-bond donors (Lipinski definition) is 2. The summed E-state index contributed by atoms with van der Waals surface area (Å²) in [6, 6.07) is 54.1. The average molecular weight is 551 g/mol. The minimum absolute atomic E-state index is 0.979. The summed E-state index contributed by atoms with van der Waals surface area (Å²) in [4.78, 5) is 0. The van der Waals surface area contributed by atoms with E-state index in [1.807, 2.05) is 17.4 Å². The Morgan fingerprint density at radius 3 is 1.71 bits per heavy atom. The normalized spacial score (nSPS) is 10.4. The van der Waals surface area contributed by atoms with Gasteiger partial charge >= 0.3 is 0 Å². The van der Waals surface area contributed by atoms with Gasteiger partial charge in [0.15, 0.2) is 0 Å². The molecule has 7 aromatic rings. The van der Waals surface area contributed by atoms with Gasteiger partial charge in [-0.05, 0) is 58.9 Å². The Kier molecular flexibility index (Phi) is 9.35. The van der Waals surface area contributed by atoms with Crippen LogP contribution >= 0.6 is 11.3 Å². The lowest BCUT2D eigenvalue weighted by molar-refractivity contribution is 1.19. The van der Waals surface area contributed by atoms with E-state index >= 15 is 0 Å². The highest BCUT2D eigenvalue weighted by molar-refractivity contribution is 7.25. The van der Waals surface area contributed by atoms with Crippen LogP contribution in [0.3, 0.4) is 0 Å². The van der Waals surface area contributed by atoms with Crippen LogP contribution in [0.25, 0.3) is 42.4 Å². The van der Waals surface area contributed by atoms with Gasteiger partial charge in [0, 0.05) is 20.2 Å². The molecule has 41 heavy (non-hydrogen) atoms. The molecule has 0 atom stereocenters. The zero-order valence-corrected chi connectivity index (χ0v) is 24.0. The second-order valence-electron chi connectivity index (χ2n) is 9.87. The number of benzene rings is 6. The largest absolute Gasteiger partial charge is 0.274 e. The molecular formula is C38H34N2S. The summed E-state index contributed by atoms with van der Waals surface area (Å²) in [5.74, 6) is 8.00. The highest BCUT2D eigenvalue weighted by atomic mass is 32.1. The summed E-state index contributed by atoms with van der Waals surface area (Å²) >= 11 is 1.88. The molecule has 4 N–H and O–H groups in total. The molecule has 0 unspecified atom stereocenters. The van der Waals surface area contributed by atoms with Crippen LogP contribution in [0.15, 0.2) is 152 Å². The minimum atomic E-state index is 0.979. The SMILES string of the molecule is Cc1ccc(-c2ccccc2)cc1.NN.c1ccc(Cc2ccc(-c3cccc4sc5ccccc5c34)cc2)cc1. The second kappa shape index (κ2) is 13.7. The maximum Gasteiger partial charge on any atom is 0.0361 e. The molecule has 202 valence electrons. The van der Waals surface area contributed by atoms with Crippen LogP contribution in [0.5, 0.6) is 0 Å². The van der Waals surface area contributed by atoms with Crippen molar-refractivity contribution >= 4 is 31.5 Å². The van der Waals surface area contributed by atoms with Crippen molar-refractivity contribution in [3.63, 3.8) is 0 Å². The van der Waals surface area contributed by atoms with Gasteiger partial charge in [0.2, 0.25) is 0 Å². The van der Waals surface area contributed by atoms with Gasteiger partial charge < -0.3 is 0 Å². The smallest absolute Gasteiger partial charge is 0.0361 e.